The molecule has 2 aromatic rings. The normalized spacial score (nSPS) is 15.6. The number of nitro groups is 1. The number of esters is 1. The Balaban J connectivity index is 2.26. The molecule has 0 saturated carbocycles. The lowest BCUT2D eigenvalue weighted by Crippen LogP contribution is -2.24. The van der Waals surface area contributed by atoms with Crippen molar-refractivity contribution in [3.8, 4) is 0 Å². The van der Waals surface area contributed by atoms with E-state index in [4.69, 9.17) is 4.74 Å². The van der Waals surface area contributed by atoms with Crippen molar-refractivity contribution in [2.45, 2.75) is 25.7 Å². The van der Waals surface area contributed by atoms with Gasteiger partial charge in [0.2, 0.25) is 0 Å². The van der Waals surface area contributed by atoms with Crippen LogP contribution < -0.4 is 5.32 Å². The number of anilines is 1. The maximum Gasteiger partial charge on any atom is 0.336 e. The zero-order valence-electron chi connectivity index (χ0n) is 16.1. The van der Waals surface area contributed by atoms with E-state index in [0.29, 0.717) is 23.3 Å². The second-order valence-corrected chi connectivity index (χ2v) is 6.60. The lowest BCUT2D eigenvalue weighted by atomic mass is 9.80. The summed E-state index contributed by atoms with van der Waals surface area (Å²) in [6.45, 7) is 5.55. The molecule has 0 radical (unpaired) electrons. The minimum Gasteiger partial charge on any atom is -0.466 e. The van der Waals surface area contributed by atoms with E-state index in [0.717, 1.165) is 23.5 Å². The molecule has 1 aliphatic heterocycles. The topological polar surface area (TPSA) is 99.3 Å². The first-order valence-electron chi connectivity index (χ1n) is 8.86. The number of fused-ring (bicyclic) bond motifs is 1. The lowest BCUT2D eigenvalue weighted by molar-refractivity contribution is -0.384. The van der Waals surface area contributed by atoms with Gasteiger partial charge in [-0.25, -0.2) is 4.79 Å². The Bertz CT molecular complexity index is 990. The van der Waals surface area contributed by atoms with Gasteiger partial charge in [0.25, 0.3) is 5.69 Å². The van der Waals surface area contributed by atoms with Crippen molar-refractivity contribution in [2.24, 2.45) is 7.05 Å². The molecular weight excluding hydrogens is 360 g/mol. The second-order valence-electron chi connectivity index (χ2n) is 6.60. The average Bonchev–Trinajstić information content (AvgIpc) is 3.00. The number of benzene rings is 1. The number of nitrogens with zero attached hydrogens (tertiary/aromatic N) is 3. The monoisotopic (exact) mass is 382 g/mol. The van der Waals surface area contributed by atoms with Gasteiger partial charge >= 0.3 is 5.97 Å². The van der Waals surface area contributed by atoms with Gasteiger partial charge < -0.3 is 10.1 Å². The Labute approximate surface area is 162 Å². The van der Waals surface area contributed by atoms with Crippen LogP contribution in [-0.2, 0) is 23.0 Å². The van der Waals surface area contributed by atoms with Gasteiger partial charge in [-0.2, -0.15) is 5.10 Å². The molecule has 1 aromatic heterocycles. The molecule has 1 N–H and O–H groups in total. The Morgan fingerprint density at radius 3 is 2.89 bits per heavy atom. The number of nitrogens with one attached hydrogen (secondary N) is 1. The molecule has 0 saturated heterocycles. The lowest BCUT2D eigenvalue weighted by Gasteiger charge is -2.28. The summed E-state index contributed by atoms with van der Waals surface area (Å²) in [6.07, 6.45) is 3.18. The molecule has 1 atom stereocenters. The zero-order chi connectivity index (χ0) is 20.4. The minimum atomic E-state index is -0.517. The molecule has 0 amide bonds. The Hall–Kier alpha value is -3.42. The summed E-state index contributed by atoms with van der Waals surface area (Å²) in [4.78, 5) is 23.5. The fourth-order valence-corrected chi connectivity index (χ4v) is 3.61. The third-order valence-electron chi connectivity index (χ3n) is 4.85. The molecule has 0 spiro atoms. The van der Waals surface area contributed by atoms with Gasteiger partial charge in [0, 0.05) is 36.4 Å². The third kappa shape index (κ3) is 3.28. The minimum absolute atomic E-state index is 0.0315. The number of aryl methyl sites for hydroxylation is 2. The molecule has 2 heterocycles. The number of rotatable bonds is 6. The van der Waals surface area contributed by atoms with E-state index in [9.17, 15) is 14.9 Å². The van der Waals surface area contributed by atoms with Crippen LogP contribution in [0.4, 0.5) is 11.5 Å². The van der Waals surface area contributed by atoms with Crippen LogP contribution in [0.15, 0.2) is 48.2 Å². The van der Waals surface area contributed by atoms with Gasteiger partial charge in [0.1, 0.15) is 5.82 Å². The number of non-ortho nitro benzene ring substituents is 1. The van der Waals surface area contributed by atoms with E-state index in [2.05, 4.69) is 17.0 Å². The zero-order valence-corrected chi connectivity index (χ0v) is 16.1. The third-order valence-corrected chi connectivity index (χ3v) is 4.85. The van der Waals surface area contributed by atoms with Gasteiger partial charge in [-0.3, -0.25) is 14.8 Å². The van der Waals surface area contributed by atoms with E-state index in [1.54, 1.807) is 23.7 Å². The number of ether oxygens (including phenoxy) is 1. The van der Waals surface area contributed by atoms with E-state index >= 15 is 0 Å². The highest BCUT2D eigenvalue weighted by molar-refractivity contribution is 5.94. The van der Waals surface area contributed by atoms with Gasteiger partial charge in [0.05, 0.1) is 23.3 Å². The van der Waals surface area contributed by atoms with Crippen LogP contribution in [-0.4, -0.2) is 27.8 Å². The Morgan fingerprint density at radius 1 is 1.50 bits per heavy atom. The fourth-order valence-electron chi connectivity index (χ4n) is 3.61. The van der Waals surface area contributed by atoms with Crippen molar-refractivity contribution < 1.29 is 14.5 Å². The molecule has 8 heteroatoms. The standard InChI is InChI=1S/C20H22N4O4/c1-5-6-10-15-18-17(13-8-7-9-14(11-13)24(26)27)16(20(25)28-4)12(2)21-19(18)23(3)22-15/h5,7-9,11,17,21H,1,6,10H2,2-4H3. The first-order chi connectivity index (χ1) is 13.4. The quantitative estimate of drug-likeness (QED) is 0.355. The van der Waals surface area contributed by atoms with Crippen LogP contribution in [0, 0.1) is 10.1 Å². The number of nitro benzene ring substituents is 1. The van der Waals surface area contributed by atoms with Crippen molar-refractivity contribution in [3.05, 3.63) is 75.1 Å². The second kappa shape index (κ2) is 7.67. The van der Waals surface area contributed by atoms with Gasteiger partial charge in [-0.15, -0.1) is 6.58 Å². The largest absolute Gasteiger partial charge is 0.466 e. The van der Waals surface area contributed by atoms with Crippen molar-refractivity contribution in [1.29, 1.82) is 0 Å². The van der Waals surface area contributed by atoms with Crippen molar-refractivity contribution in [3.63, 3.8) is 0 Å². The highest BCUT2D eigenvalue weighted by atomic mass is 16.6. The van der Waals surface area contributed by atoms with Gasteiger partial charge in [0.15, 0.2) is 0 Å². The van der Waals surface area contributed by atoms with Crippen LogP contribution in [0.3, 0.4) is 0 Å². The summed E-state index contributed by atoms with van der Waals surface area (Å²) in [5, 5.41) is 19.1. The molecule has 1 aliphatic rings. The maximum absolute atomic E-state index is 12.6. The van der Waals surface area contributed by atoms with Crippen LogP contribution in [0.5, 0.6) is 0 Å². The van der Waals surface area contributed by atoms with Crippen LogP contribution >= 0.6 is 0 Å². The maximum atomic E-state index is 12.6. The molecule has 1 unspecified atom stereocenters. The predicted molar refractivity (Wildman–Crippen MR) is 105 cm³/mol. The smallest absolute Gasteiger partial charge is 0.336 e. The summed E-state index contributed by atoms with van der Waals surface area (Å²) >= 11 is 0. The van der Waals surface area contributed by atoms with Gasteiger partial charge in [-0.05, 0) is 25.3 Å². The van der Waals surface area contributed by atoms with E-state index in [1.165, 1.54) is 19.2 Å². The summed E-state index contributed by atoms with van der Waals surface area (Å²) in [5.41, 5.74) is 3.31. The molecule has 0 bridgehead atoms. The van der Waals surface area contributed by atoms with Crippen LogP contribution in [0.2, 0.25) is 0 Å². The molecule has 1 aromatic carbocycles. The summed E-state index contributed by atoms with van der Waals surface area (Å²) < 4.78 is 6.75. The summed E-state index contributed by atoms with van der Waals surface area (Å²) in [7, 11) is 3.15. The Morgan fingerprint density at radius 2 is 2.25 bits per heavy atom. The van der Waals surface area contributed by atoms with Crippen LogP contribution in [0.1, 0.15) is 36.1 Å². The molecule has 0 fully saturated rings. The predicted octanol–water partition coefficient (Wildman–Crippen LogP) is 3.45. The number of carbonyl (C=O) groups is 1. The van der Waals surface area contributed by atoms with Crippen LogP contribution in [0.25, 0.3) is 0 Å². The molecule has 8 nitrogen and oxygen atoms in total. The number of methoxy groups -OCH3 is 1. The number of aromatic nitrogens is 2. The summed E-state index contributed by atoms with van der Waals surface area (Å²) in [6, 6.07) is 6.34. The highest BCUT2D eigenvalue weighted by Gasteiger charge is 2.37. The molecule has 146 valence electrons. The molecule has 3 rings (SSSR count). The van der Waals surface area contributed by atoms with Gasteiger partial charge in [-0.1, -0.05) is 18.2 Å². The van der Waals surface area contributed by atoms with E-state index in [-0.39, 0.29) is 5.69 Å². The highest BCUT2D eigenvalue weighted by Crippen LogP contribution is 2.44. The molecule has 28 heavy (non-hydrogen) atoms. The Kier molecular flexibility index (Phi) is 5.30. The number of carbonyl (C=O) groups excluding carboxylic acids is 1. The SMILES string of the molecule is C=CCCc1nn(C)c2c1C(c1cccc([N+](=O)[O-])c1)C(C(=O)OC)=C(C)N2. The van der Waals surface area contributed by atoms with Crippen molar-refractivity contribution in [2.75, 3.05) is 12.4 Å². The number of allylic oxidation sites excluding steroid dienone is 2. The van der Waals surface area contributed by atoms with E-state index < -0.39 is 16.8 Å². The van der Waals surface area contributed by atoms with Crippen molar-refractivity contribution in [1.82, 2.24) is 9.78 Å². The van der Waals surface area contributed by atoms with Crippen molar-refractivity contribution >= 4 is 17.5 Å². The first-order valence-corrected chi connectivity index (χ1v) is 8.86. The van der Waals surface area contributed by atoms with E-state index in [1.807, 2.05) is 13.1 Å². The number of hydrogen-bond acceptors (Lipinski definition) is 6. The molecular formula is C20H22N4O4. The number of hydrogen-bond donors (Lipinski definition) is 1. The molecule has 0 aliphatic carbocycles. The first kappa shape index (κ1) is 19.3. The average molecular weight is 382 g/mol. The fraction of sp³-hybridized carbons (Fsp3) is 0.300. The summed E-state index contributed by atoms with van der Waals surface area (Å²) in [5.74, 6) is -0.233.